The van der Waals surface area contributed by atoms with Crippen molar-refractivity contribution in [2.45, 2.75) is 30.7 Å². The molecule has 1 saturated heterocycles. The van der Waals surface area contributed by atoms with E-state index in [4.69, 9.17) is 0 Å². The van der Waals surface area contributed by atoms with Crippen LogP contribution in [0.5, 0.6) is 0 Å². The summed E-state index contributed by atoms with van der Waals surface area (Å²) >= 11 is 2.55. The van der Waals surface area contributed by atoms with E-state index in [1.165, 1.54) is 6.54 Å². The van der Waals surface area contributed by atoms with Gasteiger partial charge in [-0.05, 0) is 11.8 Å². The Kier molecular flexibility index (Phi) is 4.97. The highest BCUT2D eigenvalue weighted by Crippen LogP contribution is 2.22. The highest BCUT2D eigenvalue weighted by Gasteiger charge is 2.28. The van der Waals surface area contributed by atoms with Gasteiger partial charge in [-0.1, -0.05) is 43.4 Å². The van der Waals surface area contributed by atoms with Crippen LogP contribution in [-0.2, 0) is 0 Å². The standard InChI is InChI=1S/C10H21IN2/c1-7(2)10-9(8(3)11)6-12-4-5-13-10/h7-10,12-13H,4-6H2,1-3H3. The van der Waals surface area contributed by atoms with E-state index in [-0.39, 0.29) is 0 Å². The SMILES string of the molecule is CC(C)C1NCCNCC1C(C)I. The molecule has 0 bridgehead atoms. The Balaban J connectivity index is 2.61. The van der Waals surface area contributed by atoms with Crippen LogP contribution in [0, 0.1) is 11.8 Å². The first-order chi connectivity index (χ1) is 6.13. The van der Waals surface area contributed by atoms with Crippen LogP contribution in [0.2, 0.25) is 0 Å². The molecule has 0 saturated carbocycles. The lowest BCUT2D eigenvalue weighted by molar-refractivity contribution is 0.304. The normalized spacial score (nSPS) is 33.0. The Morgan fingerprint density at radius 1 is 1.23 bits per heavy atom. The fourth-order valence-corrected chi connectivity index (χ4v) is 2.75. The summed E-state index contributed by atoms with van der Waals surface area (Å²) in [6, 6.07) is 0.682. The van der Waals surface area contributed by atoms with Crippen LogP contribution < -0.4 is 10.6 Å². The molecular formula is C10H21IN2. The van der Waals surface area contributed by atoms with Crippen LogP contribution in [-0.4, -0.2) is 29.6 Å². The third-order valence-electron chi connectivity index (χ3n) is 2.83. The van der Waals surface area contributed by atoms with Gasteiger partial charge in [0, 0.05) is 29.6 Å². The molecule has 2 nitrogen and oxygen atoms in total. The van der Waals surface area contributed by atoms with Gasteiger partial charge in [0.1, 0.15) is 0 Å². The second-order valence-electron chi connectivity index (χ2n) is 4.27. The van der Waals surface area contributed by atoms with Gasteiger partial charge in [0.2, 0.25) is 0 Å². The van der Waals surface area contributed by atoms with Gasteiger partial charge in [0.15, 0.2) is 0 Å². The molecule has 1 rings (SSSR count). The topological polar surface area (TPSA) is 24.1 Å². The van der Waals surface area contributed by atoms with Gasteiger partial charge in [-0.25, -0.2) is 0 Å². The molecule has 2 N–H and O–H groups in total. The summed E-state index contributed by atoms with van der Waals surface area (Å²) in [6.45, 7) is 10.3. The molecule has 1 aliphatic heterocycles. The van der Waals surface area contributed by atoms with Gasteiger partial charge in [0.05, 0.1) is 0 Å². The molecular weight excluding hydrogens is 275 g/mol. The molecule has 3 unspecified atom stereocenters. The Morgan fingerprint density at radius 3 is 2.46 bits per heavy atom. The second-order valence-corrected chi connectivity index (χ2v) is 6.23. The van der Waals surface area contributed by atoms with Crippen molar-refractivity contribution >= 4 is 22.6 Å². The lowest BCUT2D eigenvalue weighted by Crippen LogP contribution is -2.44. The summed E-state index contributed by atoms with van der Waals surface area (Å²) in [4.78, 5) is 0. The lowest BCUT2D eigenvalue weighted by Gasteiger charge is -2.30. The Morgan fingerprint density at radius 2 is 1.92 bits per heavy atom. The van der Waals surface area contributed by atoms with Gasteiger partial charge in [0.25, 0.3) is 0 Å². The molecule has 0 amide bonds. The van der Waals surface area contributed by atoms with Crippen LogP contribution in [0.4, 0.5) is 0 Å². The molecule has 3 heteroatoms. The highest BCUT2D eigenvalue weighted by atomic mass is 127. The van der Waals surface area contributed by atoms with Gasteiger partial charge >= 0.3 is 0 Å². The smallest absolute Gasteiger partial charge is 0.0141 e. The molecule has 0 aliphatic carbocycles. The maximum Gasteiger partial charge on any atom is 0.0141 e. The first-order valence-electron chi connectivity index (χ1n) is 5.21. The fraction of sp³-hybridized carbons (Fsp3) is 1.00. The molecule has 78 valence electrons. The molecule has 0 radical (unpaired) electrons. The van der Waals surface area contributed by atoms with Crippen molar-refractivity contribution in [1.82, 2.24) is 10.6 Å². The minimum absolute atomic E-state index is 0.682. The van der Waals surface area contributed by atoms with Gasteiger partial charge in [-0.2, -0.15) is 0 Å². The molecule has 1 aliphatic rings. The lowest BCUT2D eigenvalue weighted by atomic mass is 9.89. The van der Waals surface area contributed by atoms with E-state index in [1.54, 1.807) is 0 Å². The van der Waals surface area contributed by atoms with Crippen molar-refractivity contribution in [3.8, 4) is 0 Å². The van der Waals surface area contributed by atoms with Crippen molar-refractivity contribution in [3.05, 3.63) is 0 Å². The monoisotopic (exact) mass is 296 g/mol. The predicted octanol–water partition coefficient (Wildman–Crippen LogP) is 1.64. The molecule has 13 heavy (non-hydrogen) atoms. The quantitative estimate of drug-likeness (QED) is 0.598. The van der Waals surface area contributed by atoms with Crippen LogP contribution in [0.1, 0.15) is 20.8 Å². The Hall–Kier alpha value is 0.650. The molecule has 0 aromatic heterocycles. The first-order valence-corrected chi connectivity index (χ1v) is 6.45. The van der Waals surface area contributed by atoms with Crippen molar-refractivity contribution in [3.63, 3.8) is 0 Å². The van der Waals surface area contributed by atoms with Crippen LogP contribution in [0.15, 0.2) is 0 Å². The van der Waals surface area contributed by atoms with Crippen LogP contribution >= 0.6 is 22.6 Å². The van der Waals surface area contributed by atoms with E-state index in [0.29, 0.717) is 6.04 Å². The van der Waals surface area contributed by atoms with Crippen molar-refractivity contribution < 1.29 is 0 Å². The predicted molar refractivity (Wildman–Crippen MR) is 66.5 cm³/mol. The zero-order valence-electron chi connectivity index (χ0n) is 8.81. The summed E-state index contributed by atoms with van der Waals surface area (Å²) in [5.74, 6) is 1.50. The summed E-state index contributed by atoms with van der Waals surface area (Å²) in [6.07, 6.45) is 0. The number of nitrogens with one attached hydrogen (secondary N) is 2. The summed E-state index contributed by atoms with van der Waals surface area (Å²) in [5.41, 5.74) is 0. The molecule has 0 aromatic carbocycles. The van der Waals surface area contributed by atoms with E-state index in [2.05, 4.69) is 54.0 Å². The molecule has 1 fully saturated rings. The Labute approximate surface area is 95.4 Å². The van der Waals surface area contributed by atoms with Gasteiger partial charge < -0.3 is 10.6 Å². The number of halogens is 1. The summed E-state index contributed by atoms with van der Waals surface area (Å²) in [7, 11) is 0. The fourth-order valence-electron chi connectivity index (χ4n) is 2.05. The van der Waals surface area contributed by atoms with E-state index in [9.17, 15) is 0 Å². The number of hydrogen-bond donors (Lipinski definition) is 2. The minimum atomic E-state index is 0.682. The first kappa shape index (κ1) is 11.7. The maximum absolute atomic E-state index is 3.65. The van der Waals surface area contributed by atoms with Crippen LogP contribution in [0.3, 0.4) is 0 Å². The van der Waals surface area contributed by atoms with Crippen molar-refractivity contribution in [1.29, 1.82) is 0 Å². The van der Waals surface area contributed by atoms with E-state index in [1.807, 2.05) is 0 Å². The highest BCUT2D eigenvalue weighted by molar-refractivity contribution is 14.1. The number of alkyl halides is 1. The number of hydrogen-bond acceptors (Lipinski definition) is 2. The molecule has 0 aromatic rings. The van der Waals surface area contributed by atoms with E-state index < -0.39 is 0 Å². The maximum atomic E-state index is 3.65. The summed E-state index contributed by atoms with van der Waals surface area (Å²) in [5, 5.41) is 7.14. The third-order valence-corrected chi connectivity index (χ3v) is 3.76. The summed E-state index contributed by atoms with van der Waals surface area (Å²) < 4.78 is 0.739. The van der Waals surface area contributed by atoms with E-state index in [0.717, 1.165) is 28.8 Å². The third kappa shape index (κ3) is 3.36. The average Bonchev–Trinajstić information content (AvgIpc) is 2.27. The molecule has 1 heterocycles. The minimum Gasteiger partial charge on any atom is -0.315 e. The number of rotatable bonds is 2. The second kappa shape index (κ2) is 5.51. The van der Waals surface area contributed by atoms with Gasteiger partial charge in [-0.3, -0.25) is 0 Å². The Bertz CT molecular complexity index is 132. The van der Waals surface area contributed by atoms with Crippen LogP contribution in [0.25, 0.3) is 0 Å². The van der Waals surface area contributed by atoms with Gasteiger partial charge in [-0.15, -0.1) is 0 Å². The van der Waals surface area contributed by atoms with E-state index >= 15 is 0 Å². The van der Waals surface area contributed by atoms with Crippen molar-refractivity contribution in [2.75, 3.05) is 19.6 Å². The zero-order chi connectivity index (χ0) is 9.84. The average molecular weight is 296 g/mol. The largest absolute Gasteiger partial charge is 0.315 e. The molecule has 0 spiro atoms. The van der Waals surface area contributed by atoms with Crippen molar-refractivity contribution in [2.24, 2.45) is 11.8 Å². The molecule has 3 atom stereocenters. The zero-order valence-corrected chi connectivity index (χ0v) is 11.0.